The smallest absolute Gasteiger partial charge is 0.0807 e. The normalized spacial score (nSPS) is 18.3. The third-order valence-corrected chi connectivity index (χ3v) is 4.05. The number of fused-ring (bicyclic) bond motifs is 1. The predicted molar refractivity (Wildman–Crippen MR) is 77.7 cm³/mol. The van der Waals surface area contributed by atoms with Crippen molar-refractivity contribution >= 4 is 0 Å². The van der Waals surface area contributed by atoms with E-state index in [1.165, 1.54) is 16.9 Å². The molecule has 1 aliphatic rings. The first-order chi connectivity index (χ1) is 9.31. The molecule has 1 N–H and O–H groups in total. The molecule has 1 aromatic carbocycles. The highest BCUT2D eigenvalue weighted by molar-refractivity contribution is 5.45. The molecule has 2 nitrogen and oxygen atoms in total. The van der Waals surface area contributed by atoms with Crippen LogP contribution in [-0.2, 0) is 12.8 Å². The zero-order valence-electron chi connectivity index (χ0n) is 11.5. The maximum Gasteiger partial charge on any atom is 0.0807 e. The van der Waals surface area contributed by atoms with Gasteiger partial charge in [-0.2, -0.15) is 0 Å². The van der Waals surface area contributed by atoms with E-state index in [9.17, 15) is 5.11 Å². The van der Waals surface area contributed by atoms with Crippen LogP contribution in [0.4, 0.5) is 0 Å². The zero-order valence-corrected chi connectivity index (χ0v) is 11.5. The van der Waals surface area contributed by atoms with Crippen molar-refractivity contribution in [2.24, 2.45) is 0 Å². The van der Waals surface area contributed by atoms with Crippen LogP contribution in [0.3, 0.4) is 0 Å². The van der Waals surface area contributed by atoms with E-state index in [-0.39, 0.29) is 6.10 Å². The summed E-state index contributed by atoms with van der Waals surface area (Å²) in [6.45, 7) is 2.21. The Bertz CT molecular complexity index is 570. The van der Waals surface area contributed by atoms with Crippen molar-refractivity contribution in [1.82, 2.24) is 4.57 Å². The van der Waals surface area contributed by atoms with Gasteiger partial charge in [0, 0.05) is 23.1 Å². The fourth-order valence-electron chi connectivity index (χ4n) is 3.12. The van der Waals surface area contributed by atoms with Gasteiger partial charge >= 0.3 is 0 Å². The Balaban J connectivity index is 2.08. The number of hydrogen-bond donors (Lipinski definition) is 1. The molecule has 1 unspecified atom stereocenters. The molecule has 1 aromatic heterocycles. The highest BCUT2D eigenvalue weighted by Crippen LogP contribution is 2.32. The molecule has 0 radical (unpaired) electrons. The molecule has 1 heterocycles. The highest BCUT2D eigenvalue weighted by atomic mass is 16.3. The molecule has 19 heavy (non-hydrogen) atoms. The van der Waals surface area contributed by atoms with Gasteiger partial charge in [-0.3, -0.25) is 0 Å². The van der Waals surface area contributed by atoms with Crippen molar-refractivity contribution in [2.75, 3.05) is 0 Å². The van der Waals surface area contributed by atoms with Crippen LogP contribution in [0, 0.1) is 0 Å². The van der Waals surface area contributed by atoms with E-state index < -0.39 is 0 Å². The van der Waals surface area contributed by atoms with E-state index in [1.807, 2.05) is 0 Å². The first-order valence-electron chi connectivity index (χ1n) is 7.27. The molecule has 1 atom stereocenters. The van der Waals surface area contributed by atoms with Gasteiger partial charge in [-0.15, -0.1) is 0 Å². The molecule has 0 bridgehead atoms. The minimum absolute atomic E-state index is 0.275. The molecule has 0 spiro atoms. The molecule has 0 saturated heterocycles. The quantitative estimate of drug-likeness (QED) is 0.886. The summed E-state index contributed by atoms with van der Waals surface area (Å²) in [5.41, 5.74) is 5.09. The lowest BCUT2D eigenvalue weighted by molar-refractivity contribution is 0.156. The summed E-state index contributed by atoms with van der Waals surface area (Å²) >= 11 is 0. The maximum atomic E-state index is 10.1. The highest BCUT2D eigenvalue weighted by Gasteiger charge is 2.22. The van der Waals surface area contributed by atoms with Gasteiger partial charge in [-0.05, 0) is 43.4 Å². The molecule has 100 valence electrons. The predicted octanol–water partition coefficient (Wildman–Crippen LogP) is 3.80. The third kappa shape index (κ3) is 2.21. The Labute approximate surface area is 114 Å². The first kappa shape index (κ1) is 12.5. The van der Waals surface area contributed by atoms with Crippen LogP contribution in [0.2, 0.25) is 0 Å². The number of aliphatic hydroxyl groups is 1. The summed E-state index contributed by atoms with van der Waals surface area (Å²) in [6, 6.07) is 10.7. The second-order valence-corrected chi connectivity index (χ2v) is 5.37. The van der Waals surface area contributed by atoms with Gasteiger partial charge in [0.2, 0.25) is 0 Å². The number of nitrogens with zero attached hydrogens (tertiary/aromatic N) is 1. The zero-order chi connectivity index (χ0) is 13.2. The summed E-state index contributed by atoms with van der Waals surface area (Å²) in [5.74, 6) is 0. The Morgan fingerprint density at radius 1 is 1.26 bits per heavy atom. The number of aromatic nitrogens is 1. The van der Waals surface area contributed by atoms with E-state index in [2.05, 4.69) is 48.0 Å². The van der Waals surface area contributed by atoms with E-state index >= 15 is 0 Å². The largest absolute Gasteiger partial charge is 0.388 e. The van der Waals surface area contributed by atoms with E-state index in [0.717, 1.165) is 37.7 Å². The molecule has 3 rings (SSSR count). The fraction of sp³-hybridized carbons (Fsp3) is 0.412. The average Bonchev–Trinajstić information content (AvgIpc) is 2.85. The second kappa shape index (κ2) is 5.22. The van der Waals surface area contributed by atoms with Crippen molar-refractivity contribution in [3.8, 4) is 5.69 Å². The molecule has 0 saturated carbocycles. The van der Waals surface area contributed by atoms with Gasteiger partial charge < -0.3 is 9.67 Å². The average molecular weight is 255 g/mol. The van der Waals surface area contributed by atoms with Gasteiger partial charge in [-0.25, -0.2) is 0 Å². The standard InChI is InChI=1S/C17H21NO/c1-2-6-13-7-3-4-8-15(13)18-12-11-14-16(18)9-5-10-17(14)19/h3-4,7-8,11-12,17,19H,2,5-6,9-10H2,1H3. The number of rotatable bonds is 3. The van der Waals surface area contributed by atoms with Gasteiger partial charge in [0.1, 0.15) is 0 Å². The lowest BCUT2D eigenvalue weighted by Crippen LogP contribution is -2.11. The summed E-state index contributed by atoms with van der Waals surface area (Å²) < 4.78 is 2.28. The minimum atomic E-state index is -0.275. The molecule has 0 amide bonds. The van der Waals surface area contributed by atoms with E-state index in [1.54, 1.807) is 0 Å². The van der Waals surface area contributed by atoms with E-state index in [4.69, 9.17) is 0 Å². The number of aliphatic hydroxyl groups excluding tert-OH is 1. The Morgan fingerprint density at radius 2 is 2.11 bits per heavy atom. The van der Waals surface area contributed by atoms with Gasteiger partial charge in [0.15, 0.2) is 0 Å². The van der Waals surface area contributed by atoms with Crippen LogP contribution in [-0.4, -0.2) is 9.67 Å². The van der Waals surface area contributed by atoms with Crippen LogP contribution in [0.25, 0.3) is 5.69 Å². The summed E-state index contributed by atoms with van der Waals surface area (Å²) in [5, 5.41) is 10.1. The summed E-state index contributed by atoms with van der Waals surface area (Å²) in [4.78, 5) is 0. The second-order valence-electron chi connectivity index (χ2n) is 5.37. The fourth-order valence-corrected chi connectivity index (χ4v) is 3.12. The number of hydrogen-bond acceptors (Lipinski definition) is 1. The Kier molecular flexibility index (Phi) is 3.43. The summed E-state index contributed by atoms with van der Waals surface area (Å²) in [6.07, 6.45) is 7.15. The van der Waals surface area contributed by atoms with Gasteiger partial charge in [0.25, 0.3) is 0 Å². The topological polar surface area (TPSA) is 25.2 Å². The molecule has 0 fully saturated rings. The molecule has 2 aromatic rings. The van der Waals surface area contributed by atoms with Crippen LogP contribution in [0.15, 0.2) is 36.5 Å². The minimum Gasteiger partial charge on any atom is -0.388 e. The molecule has 2 heteroatoms. The molecule has 1 aliphatic carbocycles. The molecule has 0 aliphatic heterocycles. The third-order valence-electron chi connectivity index (χ3n) is 4.05. The number of aryl methyl sites for hydroxylation is 1. The van der Waals surface area contributed by atoms with E-state index in [0.29, 0.717) is 0 Å². The van der Waals surface area contributed by atoms with Crippen LogP contribution in [0.5, 0.6) is 0 Å². The lowest BCUT2D eigenvalue weighted by Gasteiger charge is -2.21. The van der Waals surface area contributed by atoms with Crippen molar-refractivity contribution in [3.05, 3.63) is 53.3 Å². The van der Waals surface area contributed by atoms with Gasteiger partial charge in [0.05, 0.1) is 6.10 Å². The monoisotopic (exact) mass is 255 g/mol. The summed E-state index contributed by atoms with van der Waals surface area (Å²) in [7, 11) is 0. The van der Waals surface area contributed by atoms with Crippen molar-refractivity contribution in [2.45, 2.75) is 45.1 Å². The molecular weight excluding hydrogens is 234 g/mol. The first-order valence-corrected chi connectivity index (χ1v) is 7.27. The Hall–Kier alpha value is -1.54. The van der Waals surface area contributed by atoms with Crippen LogP contribution >= 0.6 is 0 Å². The Morgan fingerprint density at radius 3 is 2.95 bits per heavy atom. The maximum absolute atomic E-state index is 10.1. The van der Waals surface area contributed by atoms with Crippen molar-refractivity contribution < 1.29 is 5.11 Å². The SMILES string of the molecule is CCCc1ccccc1-n1ccc2c1CCCC2O. The van der Waals surface area contributed by atoms with Crippen LogP contribution in [0.1, 0.15) is 49.1 Å². The van der Waals surface area contributed by atoms with Crippen molar-refractivity contribution in [1.29, 1.82) is 0 Å². The van der Waals surface area contributed by atoms with Crippen molar-refractivity contribution in [3.63, 3.8) is 0 Å². The lowest BCUT2D eigenvalue weighted by atomic mass is 9.95. The number of para-hydroxylation sites is 1. The van der Waals surface area contributed by atoms with Crippen LogP contribution < -0.4 is 0 Å². The molecular formula is C17H21NO. The number of benzene rings is 1. The van der Waals surface area contributed by atoms with Gasteiger partial charge in [-0.1, -0.05) is 31.5 Å².